The Morgan fingerprint density at radius 1 is 1.89 bits per heavy atom. The Labute approximate surface area is 52.8 Å². The van der Waals surface area contributed by atoms with Gasteiger partial charge in [-0.3, -0.25) is 4.84 Å². The number of carboxylic acids is 1. The highest BCUT2D eigenvalue weighted by molar-refractivity contribution is 5.78. The standard InChI is InChI=1S/C5H9NO3/c1-2-3-5(4(7)8)6-9-5/h6H,2-3H2,1H3,(H,7,8). The van der Waals surface area contributed by atoms with E-state index < -0.39 is 11.7 Å². The van der Waals surface area contributed by atoms with Crippen LogP contribution in [0.15, 0.2) is 0 Å². The van der Waals surface area contributed by atoms with Crippen LogP contribution < -0.4 is 5.48 Å². The maximum absolute atomic E-state index is 10.3. The minimum absolute atomic E-state index is 0.530. The van der Waals surface area contributed by atoms with Crippen molar-refractivity contribution in [3.05, 3.63) is 0 Å². The Morgan fingerprint density at radius 2 is 2.44 bits per heavy atom. The van der Waals surface area contributed by atoms with Gasteiger partial charge in [0, 0.05) is 6.42 Å². The van der Waals surface area contributed by atoms with Crippen LogP contribution in [-0.4, -0.2) is 16.8 Å². The summed E-state index contributed by atoms with van der Waals surface area (Å²) in [6.07, 6.45) is 1.33. The molecule has 1 unspecified atom stereocenters. The Morgan fingerprint density at radius 3 is 2.56 bits per heavy atom. The molecule has 1 rings (SSSR count). The molecule has 9 heavy (non-hydrogen) atoms. The second-order valence-corrected chi connectivity index (χ2v) is 2.09. The van der Waals surface area contributed by atoms with E-state index in [4.69, 9.17) is 5.11 Å². The first-order valence-corrected chi connectivity index (χ1v) is 2.90. The van der Waals surface area contributed by atoms with Crippen molar-refractivity contribution >= 4 is 5.97 Å². The molecule has 1 atom stereocenters. The molecule has 1 aliphatic rings. The maximum atomic E-state index is 10.3. The summed E-state index contributed by atoms with van der Waals surface area (Å²) in [6, 6.07) is 0. The SMILES string of the molecule is CCCC1(C(=O)O)NO1. The van der Waals surface area contributed by atoms with E-state index in [0.29, 0.717) is 6.42 Å². The highest BCUT2D eigenvalue weighted by atomic mass is 16.8. The predicted molar refractivity (Wildman–Crippen MR) is 29.5 cm³/mol. The second-order valence-electron chi connectivity index (χ2n) is 2.09. The third kappa shape index (κ3) is 1.04. The summed E-state index contributed by atoms with van der Waals surface area (Å²) in [6.45, 7) is 1.91. The summed E-state index contributed by atoms with van der Waals surface area (Å²) in [7, 11) is 0. The topological polar surface area (TPSA) is 71.8 Å². The van der Waals surface area contributed by atoms with Gasteiger partial charge in [0.2, 0.25) is 0 Å². The van der Waals surface area contributed by atoms with Crippen molar-refractivity contribution in [2.45, 2.75) is 25.5 Å². The Balaban J connectivity index is 2.43. The molecule has 0 aromatic rings. The largest absolute Gasteiger partial charge is 0.478 e. The number of rotatable bonds is 3. The highest BCUT2D eigenvalue weighted by Gasteiger charge is 2.52. The van der Waals surface area contributed by atoms with Crippen LogP contribution in [0.4, 0.5) is 0 Å². The zero-order valence-electron chi connectivity index (χ0n) is 5.18. The molecule has 0 saturated carbocycles. The molecule has 0 amide bonds. The van der Waals surface area contributed by atoms with Crippen LogP contribution in [0.1, 0.15) is 19.8 Å². The Kier molecular flexibility index (Phi) is 1.42. The zero-order chi connectivity index (χ0) is 6.91. The number of hydrogen-bond donors (Lipinski definition) is 2. The molecule has 4 heteroatoms. The molecule has 0 radical (unpaired) electrons. The summed E-state index contributed by atoms with van der Waals surface area (Å²) < 4.78 is 0. The second kappa shape index (κ2) is 1.97. The molecule has 0 aromatic carbocycles. The van der Waals surface area contributed by atoms with E-state index in [1.54, 1.807) is 0 Å². The van der Waals surface area contributed by atoms with Crippen molar-refractivity contribution in [1.29, 1.82) is 0 Å². The molecular formula is C5H9NO3. The fourth-order valence-electron chi connectivity index (χ4n) is 0.710. The minimum atomic E-state index is -1.03. The van der Waals surface area contributed by atoms with Crippen LogP contribution in [0.3, 0.4) is 0 Å². The lowest BCUT2D eigenvalue weighted by molar-refractivity contribution is -0.143. The summed E-state index contributed by atoms with van der Waals surface area (Å²) in [5, 5.41) is 8.45. The Hall–Kier alpha value is -0.610. The molecule has 0 aliphatic carbocycles. The molecule has 4 nitrogen and oxygen atoms in total. The van der Waals surface area contributed by atoms with E-state index >= 15 is 0 Å². The van der Waals surface area contributed by atoms with E-state index in [9.17, 15) is 4.79 Å². The van der Waals surface area contributed by atoms with E-state index in [1.807, 2.05) is 6.92 Å². The van der Waals surface area contributed by atoms with Gasteiger partial charge in [0.15, 0.2) is 0 Å². The summed E-state index contributed by atoms with van der Waals surface area (Å²) in [5.41, 5.74) is 1.32. The lowest BCUT2D eigenvalue weighted by atomic mass is 10.1. The molecule has 1 fully saturated rings. The molecule has 2 N–H and O–H groups in total. The van der Waals surface area contributed by atoms with Gasteiger partial charge in [0.1, 0.15) is 0 Å². The quantitative estimate of drug-likeness (QED) is 0.533. The summed E-state index contributed by atoms with van der Waals surface area (Å²) in [5.74, 6) is -0.927. The molecule has 1 aliphatic heterocycles. The van der Waals surface area contributed by atoms with Gasteiger partial charge in [-0.05, 0) is 0 Å². The van der Waals surface area contributed by atoms with Gasteiger partial charge >= 0.3 is 5.97 Å². The number of hydroxylamine groups is 1. The van der Waals surface area contributed by atoms with Crippen LogP contribution in [-0.2, 0) is 9.63 Å². The first kappa shape index (κ1) is 6.51. The van der Waals surface area contributed by atoms with Crippen LogP contribution in [0, 0.1) is 0 Å². The lowest BCUT2D eigenvalue weighted by Crippen LogP contribution is -2.26. The van der Waals surface area contributed by atoms with Gasteiger partial charge in [0.25, 0.3) is 5.72 Å². The molecule has 0 bridgehead atoms. The van der Waals surface area contributed by atoms with E-state index in [0.717, 1.165) is 6.42 Å². The number of carboxylic acid groups (broad SMARTS) is 1. The van der Waals surface area contributed by atoms with Gasteiger partial charge in [0.05, 0.1) is 0 Å². The van der Waals surface area contributed by atoms with Gasteiger partial charge < -0.3 is 5.11 Å². The molecule has 52 valence electrons. The first-order chi connectivity index (χ1) is 4.21. The van der Waals surface area contributed by atoms with Gasteiger partial charge in [-0.15, -0.1) is 0 Å². The first-order valence-electron chi connectivity index (χ1n) is 2.90. The fourth-order valence-corrected chi connectivity index (χ4v) is 0.710. The average Bonchev–Trinajstić information content (AvgIpc) is 2.49. The minimum Gasteiger partial charge on any atom is -0.478 e. The third-order valence-electron chi connectivity index (χ3n) is 1.30. The smallest absolute Gasteiger partial charge is 0.355 e. The number of aliphatic carboxylic acids is 1. The monoisotopic (exact) mass is 131 g/mol. The summed E-state index contributed by atoms with van der Waals surface area (Å²) >= 11 is 0. The van der Waals surface area contributed by atoms with Crippen LogP contribution >= 0.6 is 0 Å². The van der Waals surface area contributed by atoms with Crippen LogP contribution in [0.5, 0.6) is 0 Å². The van der Waals surface area contributed by atoms with Crippen molar-refractivity contribution in [2.75, 3.05) is 0 Å². The van der Waals surface area contributed by atoms with Crippen molar-refractivity contribution in [2.24, 2.45) is 0 Å². The van der Waals surface area contributed by atoms with E-state index in [2.05, 4.69) is 10.3 Å². The van der Waals surface area contributed by atoms with Crippen LogP contribution in [0.25, 0.3) is 0 Å². The van der Waals surface area contributed by atoms with E-state index in [-0.39, 0.29) is 0 Å². The molecule has 1 heterocycles. The highest BCUT2D eigenvalue weighted by Crippen LogP contribution is 2.24. The van der Waals surface area contributed by atoms with Gasteiger partial charge in [-0.25, -0.2) is 4.79 Å². The van der Waals surface area contributed by atoms with Crippen molar-refractivity contribution in [3.8, 4) is 0 Å². The van der Waals surface area contributed by atoms with Crippen molar-refractivity contribution in [3.63, 3.8) is 0 Å². The average molecular weight is 131 g/mol. The maximum Gasteiger partial charge on any atom is 0.355 e. The molecule has 1 saturated heterocycles. The summed E-state index contributed by atoms with van der Waals surface area (Å²) in [4.78, 5) is 14.8. The number of hydrogen-bond acceptors (Lipinski definition) is 3. The lowest BCUT2D eigenvalue weighted by Gasteiger charge is -1.98. The van der Waals surface area contributed by atoms with Crippen molar-refractivity contribution in [1.82, 2.24) is 5.48 Å². The number of nitrogens with one attached hydrogen (secondary N) is 1. The zero-order valence-corrected chi connectivity index (χ0v) is 5.18. The molecule has 0 aromatic heterocycles. The molecular weight excluding hydrogens is 122 g/mol. The third-order valence-corrected chi connectivity index (χ3v) is 1.30. The molecule has 0 spiro atoms. The Bertz CT molecular complexity index is 130. The van der Waals surface area contributed by atoms with Gasteiger partial charge in [-0.2, -0.15) is 5.48 Å². The van der Waals surface area contributed by atoms with Crippen molar-refractivity contribution < 1.29 is 14.7 Å². The van der Waals surface area contributed by atoms with Gasteiger partial charge in [-0.1, -0.05) is 13.3 Å². The normalized spacial score (nSPS) is 32.1. The number of carbonyl (C=O) groups is 1. The fraction of sp³-hybridized carbons (Fsp3) is 0.800. The van der Waals surface area contributed by atoms with Crippen LogP contribution in [0.2, 0.25) is 0 Å². The van der Waals surface area contributed by atoms with E-state index in [1.165, 1.54) is 0 Å². The predicted octanol–water partition coefficient (Wildman–Crippen LogP) is 0.102.